The Morgan fingerprint density at radius 1 is 1.05 bits per heavy atom. The lowest BCUT2D eigenvalue weighted by Gasteiger charge is -2.47. The maximum absolute atomic E-state index is 15.0. The van der Waals surface area contributed by atoms with E-state index in [2.05, 4.69) is 20.1 Å². The summed E-state index contributed by atoms with van der Waals surface area (Å²) in [6, 6.07) is 4.00. The standard InChI is InChI=1S/C30H40ClF3N4O6/c1-19(2)24-21(32)17-35-38(24)29(25(39)36-22-7-6-20(31)16-23(22)44-27(33)34)12-14-37(15-13-29)18-28(26(40)41-3)8-10-30(42-4,43-5)11-9-28/h6-7,16-17,19,27H,8-15,18H2,1-5H3,(H,36,39). The summed E-state index contributed by atoms with van der Waals surface area (Å²) < 4.78 is 63.8. The van der Waals surface area contributed by atoms with E-state index in [0.29, 0.717) is 45.3 Å². The molecule has 244 valence electrons. The van der Waals surface area contributed by atoms with Gasteiger partial charge in [0.25, 0.3) is 5.91 Å². The maximum atomic E-state index is 15.0. The van der Waals surface area contributed by atoms with Crippen LogP contribution >= 0.6 is 11.6 Å². The molecule has 0 radical (unpaired) electrons. The van der Waals surface area contributed by atoms with Crippen molar-refractivity contribution in [3.63, 3.8) is 0 Å². The Hall–Kier alpha value is -2.87. The molecule has 0 bridgehead atoms. The molecule has 44 heavy (non-hydrogen) atoms. The molecule has 2 fully saturated rings. The Bertz CT molecular complexity index is 1320. The zero-order valence-corrected chi connectivity index (χ0v) is 26.4. The van der Waals surface area contributed by atoms with E-state index in [1.54, 1.807) is 28.1 Å². The molecule has 1 aromatic carbocycles. The van der Waals surface area contributed by atoms with Crippen LogP contribution in [0, 0.1) is 11.2 Å². The molecule has 1 aliphatic carbocycles. The SMILES string of the molecule is COC(=O)C1(CN2CCC(C(=O)Nc3ccc(Cl)cc3OC(F)F)(n3ncc(F)c3C(C)C)CC2)CCC(OC)(OC)CC1. The summed E-state index contributed by atoms with van der Waals surface area (Å²) >= 11 is 5.99. The van der Waals surface area contributed by atoms with Crippen LogP contribution in [-0.2, 0) is 29.3 Å². The molecule has 2 aliphatic rings. The summed E-state index contributed by atoms with van der Waals surface area (Å²) in [6.45, 7) is 1.57. The third kappa shape index (κ3) is 6.70. The van der Waals surface area contributed by atoms with Crippen LogP contribution in [-0.4, -0.2) is 79.9 Å². The average Bonchev–Trinajstić information content (AvgIpc) is 3.40. The van der Waals surface area contributed by atoms with Crippen molar-refractivity contribution in [2.45, 2.75) is 76.2 Å². The second kappa shape index (κ2) is 13.6. The van der Waals surface area contributed by atoms with E-state index >= 15 is 0 Å². The Balaban J connectivity index is 1.63. The molecule has 4 rings (SSSR count). The largest absolute Gasteiger partial charge is 0.469 e. The Morgan fingerprint density at radius 3 is 2.23 bits per heavy atom. The predicted octanol–water partition coefficient (Wildman–Crippen LogP) is 5.55. The number of methoxy groups -OCH3 is 3. The lowest BCUT2D eigenvalue weighted by Crippen LogP contribution is -2.57. The van der Waals surface area contributed by atoms with E-state index in [1.165, 1.54) is 30.0 Å². The van der Waals surface area contributed by atoms with Crippen LogP contribution in [0.3, 0.4) is 0 Å². The molecule has 0 unspecified atom stereocenters. The number of piperidine rings is 1. The minimum atomic E-state index is -3.14. The van der Waals surface area contributed by atoms with E-state index in [-0.39, 0.29) is 46.9 Å². The first kappa shape index (κ1) is 34.0. The van der Waals surface area contributed by atoms with Crippen molar-refractivity contribution in [1.29, 1.82) is 0 Å². The molecule has 1 saturated heterocycles. The third-order valence-corrected chi connectivity index (χ3v) is 9.32. The second-order valence-electron chi connectivity index (χ2n) is 11.8. The number of carbonyl (C=O) groups is 2. The van der Waals surface area contributed by atoms with Gasteiger partial charge < -0.3 is 29.2 Å². The van der Waals surface area contributed by atoms with E-state index < -0.39 is 35.1 Å². The van der Waals surface area contributed by atoms with Crippen molar-refractivity contribution in [3.8, 4) is 5.75 Å². The minimum absolute atomic E-state index is 0.00755. The molecule has 1 saturated carbocycles. The van der Waals surface area contributed by atoms with Crippen LogP contribution in [0.4, 0.5) is 18.9 Å². The minimum Gasteiger partial charge on any atom is -0.469 e. The molecule has 1 aliphatic heterocycles. The molecular weight excluding hydrogens is 605 g/mol. The number of amides is 1. The topological polar surface area (TPSA) is 104 Å². The van der Waals surface area contributed by atoms with Crippen LogP contribution < -0.4 is 10.1 Å². The Morgan fingerprint density at radius 2 is 1.68 bits per heavy atom. The molecule has 0 atom stereocenters. The summed E-state index contributed by atoms with van der Waals surface area (Å²) in [7, 11) is 4.53. The van der Waals surface area contributed by atoms with Gasteiger partial charge in [-0.05, 0) is 43.7 Å². The molecule has 2 heterocycles. The summed E-state index contributed by atoms with van der Waals surface area (Å²) in [6.07, 6.45) is 3.46. The number of esters is 1. The quantitative estimate of drug-likeness (QED) is 0.251. The van der Waals surface area contributed by atoms with Gasteiger partial charge in [0.1, 0.15) is 5.54 Å². The van der Waals surface area contributed by atoms with E-state index in [1.807, 2.05) is 0 Å². The molecule has 14 heteroatoms. The van der Waals surface area contributed by atoms with Gasteiger partial charge >= 0.3 is 12.6 Å². The predicted molar refractivity (Wildman–Crippen MR) is 156 cm³/mol. The maximum Gasteiger partial charge on any atom is 0.387 e. The molecular formula is C30H40ClF3N4O6. The summed E-state index contributed by atoms with van der Waals surface area (Å²) in [5.74, 6) is -2.80. The summed E-state index contributed by atoms with van der Waals surface area (Å²) in [4.78, 5) is 29.4. The zero-order chi connectivity index (χ0) is 32.3. The van der Waals surface area contributed by atoms with Crippen molar-refractivity contribution in [2.24, 2.45) is 5.41 Å². The number of rotatable bonds is 11. The highest BCUT2D eigenvalue weighted by Gasteiger charge is 2.51. The monoisotopic (exact) mass is 644 g/mol. The average molecular weight is 645 g/mol. The first-order valence-electron chi connectivity index (χ1n) is 14.5. The van der Waals surface area contributed by atoms with Crippen molar-refractivity contribution in [3.05, 3.63) is 40.9 Å². The molecule has 2 aromatic rings. The molecule has 1 N–H and O–H groups in total. The van der Waals surface area contributed by atoms with Gasteiger partial charge in [-0.2, -0.15) is 13.9 Å². The van der Waals surface area contributed by atoms with Gasteiger partial charge in [0, 0.05) is 57.8 Å². The van der Waals surface area contributed by atoms with Gasteiger partial charge in [0.05, 0.1) is 30.1 Å². The third-order valence-electron chi connectivity index (χ3n) is 9.08. The number of aromatic nitrogens is 2. The van der Waals surface area contributed by atoms with E-state index in [4.69, 9.17) is 25.8 Å². The number of ether oxygens (including phenoxy) is 4. The van der Waals surface area contributed by atoms with Crippen LogP contribution in [0.25, 0.3) is 0 Å². The van der Waals surface area contributed by atoms with Crippen LogP contribution in [0.2, 0.25) is 5.02 Å². The summed E-state index contributed by atoms with van der Waals surface area (Å²) in [5.41, 5.74) is -1.92. The van der Waals surface area contributed by atoms with E-state index in [9.17, 15) is 22.8 Å². The highest BCUT2D eigenvalue weighted by Crippen LogP contribution is 2.45. The molecule has 1 aromatic heterocycles. The number of hydrogen-bond donors (Lipinski definition) is 1. The van der Waals surface area contributed by atoms with Crippen LogP contribution in [0.1, 0.15) is 64.0 Å². The number of nitrogens with one attached hydrogen (secondary N) is 1. The van der Waals surface area contributed by atoms with Crippen molar-refractivity contribution >= 4 is 29.2 Å². The number of nitrogens with zero attached hydrogens (tertiary/aromatic N) is 3. The molecule has 0 spiro atoms. The summed E-state index contributed by atoms with van der Waals surface area (Å²) in [5, 5.41) is 7.17. The van der Waals surface area contributed by atoms with Gasteiger partial charge in [-0.3, -0.25) is 14.3 Å². The number of likely N-dealkylation sites (tertiary alicyclic amines) is 1. The first-order chi connectivity index (χ1) is 20.8. The van der Waals surface area contributed by atoms with Gasteiger partial charge in [-0.25, -0.2) is 4.39 Å². The van der Waals surface area contributed by atoms with Crippen molar-refractivity contribution in [2.75, 3.05) is 46.3 Å². The van der Waals surface area contributed by atoms with Gasteiger partial charge in [-0.15, -0.1) is 0 Å². The number of anilines is 1. The van der Waals surface area contributed by atoms with Crippen molar-refractivity contribution < 1.29 is 41.7 Å². The number of hydrogen-bond acceptors (Lipinski definition) is 8. The fraction of sp³-hybridized carbons (Fsp3) is 0.633. The lowest BCUT2D eigenvalue weighted by molar-refractivity contribution is -0.237. The lowest BCUT2D eigenvalue weighted by atomic mass is 9.71. The number of alkyl halides is 2. The molecule has 10 nitrogen and oxygen atoms in total. The first-order valence-corrected chi connectivity index (χ1v) is 14.9. The second-order valence-corrected chi connectivity index (χ2v) is 12.3. The fourth-order valence-corrected chi connectivity index (χ4v) is 6.68. The van der Waals surface area contributed by atoms with E-state index in [0.717, 1.165) is 6.20 Å². The highest BCUT2D eigenvalue weighted by atomic mass is 35.5. The number of benzene rings is 1. The highest BCUT2D eigenvalue weighted by molar-refractivity contribution is 6.30. The zero-order valence-electron chi connectivity index (χ0n) is 25.6. The van der Waals surface area contributed by atoms with Gasteiger partial charge in [0.15, 0.2) is 17.4 Å². The van der Waals surface area contributed by atoms with Crippen LogP contribution in [0.5, 0.6) is 5.75 Å². The fourth-order valence-electron chi connectivity index (χ4n) is 6.52. The Labute approximate surface area is 260 Å². The van der Waals surface area contributed by atoms with Gasteiger partial charge in [0.2, 0.25) is 0 Å². The smallest absolute Gasteiger partial charge is 0.387 e. The number of halogens is 4. The van der Waals surface area contributed by atoms with Gasteiger partial charge in [-0.1, -0.05) is 25.4 Å². The van der Waals surface area contributed by atoms with Crippen molar-refractivity contribution in [1.82, 2.24) is 14.7 Å². The molecule has 1 amide bonds. The normalized spacial score (nSPS) is 19.6. The van der Waals surface area contributed by atoms with Crippen LogP contribution in [0.15, 0.2) is 24.4 Å². The Kier molecular flexibility index (Phi) is 10.5. The number of carbonyl (C=O) groups excluding carboxylic acids is 2.